The summed E-state index contributed by atoms with van der Waals surface area (Å²) in [6, 6.07) is 5.80. The first-order valence-corrected chi connectivity index (χ1v) is 12.5. The van der Waals surface area contributed by atoms with E-state index in [1.807, 2.05) is 19.9 Å². The number of allylic oxidation sites excluding steroid dienone is 1. The molecule has 3 rings (SSSR count). The molecule has 2 aliphatic rings. The summed E-state index contributed by atoms with van der Waals surface area (Å²) in [5.74, 6) is 0.296. The maximum absolute atomic E-state index is 13.4. The molecule has 0 aliphatic carbocycles. The number of rotatable bonds is 6. The van der Waals surface area contributed by atoms with E-state index in [2.05, 4.69) is 42.9 Å². The van der Waals surface area contributed by atoms with Gasteiger partial charge in [-0.05, 0) is 55.7 Å². The number of piperazine rings is 1. The molecule has 0 saturated carbocycles. The van der Waals surface area contributed by atoms with Gasteiger partial charge >= 0.3 is 0 Å². The van der Waals surface area contributed by atoms with Crippen LogP contribution in [0.15, 0.2) is 30.5 Å². The predicted molar refractivity (Wildman–Crippen MR) is 134 cm³/mol. The molecule has 2 aliphatic heterocycles. The number of hydrogen-bond donors (Lipinski definition) is 2. The number of amides is 1. The van der Waals surface area contributed by atoms with Crippen molar-refractivity contribution >= 4 is 5.91 Å². The molecule has 32 heavy (non-hydrogen) atoms. The molecular formula is C27H46FN3O. The Hall–Kier alpha value is -1.72. The van der Waals surface area contributed by atoms with Gasteiger partial charge in [0.25, 0.3) is 0 Å². The van der Waals surface area contributed by atoms with Crippen molar-refractivity contribution in [1.82, 2.24) is 15.5 Å². The van der Waals surface area contributed by atoms with Gasteiger partial charge < -0.3 is 10.6 Å². The Morgan fingerprint density at radius 3 is 2.38 bits per heavy atom. The highest BCUT2D eigenvalue weighted by Gasteiger charge is 2.25. The Morgan fingerprint density at radius 2 is 1.84 bits per heavy atom. The monoisotopic (exact) mass is 447 g/mol. The lowest BCUT2D eigenvalue weighted by molar-refractivity contribution is -0.122. The molecule has 182 valence electrons. The fraction of sp³-hybridized carbons (Fsp3) is 0.667. The SMILES string of the molecule is C=C1CCC(c2ccc(C)c(F)c2)C(=O)N1.CC.CCC(C)CC(CC)N1CCNCC1. The van der Waals surface area contributed by atoms with Crippen LogP contribution in [0.4, 0.5) is 4.39 Å². The summed E-state index contributed by atoms with van der Waals surface area (Å²) in [5, 5.41) is 6.13. The number of carbonyl (C=O) groups is 1. The van der Waals surface area contributed by atoms with Crippen LogP contribution in [0.2, 0.25) is 0 Å². The second kappa shape index (κ2) is 15.2. The Labute approximate surface area is 196 Å². The molecule has 0 spiro atoms. The van der Waals surface area contributed by atoms with Gasteiger partial charge in [-0.25, -0.2) is 4.39 Å². The van der Waals surface area contributed by atoms with Crippen molar-refractivity contribution in [1.29, 1.82) is 0 Å². The van der Waals surface area contributed by atoms with Gasteiger partial charge in [-0.15, -0.1) is 0 Å². The Bertz CT molecular complexity index is 700. The fourth-order valence-electron chi connectivity index (χ4n) is 4.17. The van der Waals surface area contributed by atoms with Crippen LogP contribution in [-0.4, -0.2) is 43.0 Å². The highest BCUT2D eigenvalue weighted by atomic mass is 19.1. The molecule has 0 aromatic heterocycles. The van der Waals surface area contributed by atoms with E-state index in [1.165, 1.54) is 51.5 Å². The second-order valence-electron chi connectivity index (χ2n) is 8.79. The van der Waals surface area contributed by atoms with Gasteiger partial charge in [0.15, 0.2) is 0 Å². The second-order valence-corrected chi connectivity index (χ2v) is 8.79. The molecule has 1 aromatic carbocycles. The number of piperidine rings is 1. The summed E-state index contributed by atoms with van der Waals surface area (Å²) in [6.07, 6.45) is 5.47. The summed E-state index contributed by atoms with van der Waals surface area (Å²) >= 11 is 0. The number of halogens is 1. The van der Waals surface area contributed by atoms with Crippen LogP contribution in [0.5, 0.6) is 0 Å². The van der Waals surface area contributed by atoms with Crippen LogP contribution in [0.25, 0.3) is 0 Å². The van der Waals surface area contributed by atoms with E-state index in [1.54, 1.807) is 13.0 Å². The minimum absolute atomic E-state index is 0.0838. The van der Waals surface area contributed by atoms with E-state index in [-0.39, 0.29) is 17.6 Å². The third kappa shape index (κ3) is 9.03. The summed E-state index contributed by atoms with van der Waals surface area (Å²) in [7, 11) is 0. The van der Waals surface area contributed by atoms with E-state index in [0.29, 0.717) is 12.0 Å². The largest absolute Gasteiger partial charge is 0.330 e. The van der Waals surface area contributed by atoms with Gasteiger partial charge in [0.05, 0.1) is 5.92 Å². The van der Waals surface area contributed by atoms with Crippen molar-refractivity contribution in [3.05, 3.63) is 47.4 Å². The quantitative estimate of drug-likeness (QED) is 0.581. The first-order chi connectivity index (χ1) is 15.3. The average molecular weight is 448 g/mol. The molecule has 1 amide bonds. The normalized spacial score (nSPS) is 20.8. The van der Waals surface area contributed by atoms with Gasteiger partial charge in [-0.1, -0.05) is 59.8 Å². The molecule has 5 heteroatoms. The number of hydrogen-bond acceptors (Lipinski definition) is 3. The Kier molecular flexibility index (Phi) is 13.4. The molecule has 2 N–H and O–H groups in total. The number of nitrogens with one attached hydrogen (secondary N) is 2. The topological polar surface area (TPSA) is 44.4 Å². The van der Waals surface area contributed by atoms with Crippen molar-refractivity contribution in [2.75, 3.05) is 26.2 Å². The lowest BCUT2D eigenvalue weighted by Gasteiger charge is -2.35. The molecule has 3 atom stereocenters. The van der Waals surface area contributed by atoms with E-state index in [4.69, 9.17) is 0 Å². The van der Waals surface area contributed by atoms with Crippen molar-refractivity contribution in [3.63, 3.8) is 0 Å². The van der Waals surface area contributed by atoms with Gasteiger partial charge in [0.1, 0.15) is 5.82 Å². The summed E-state index contributed by atoms with van der Waals surface area (Å²) in [6.45, 7) is 21.3. The third-order valence-electron chi connectivity index (χ3n) is 6.46. The van der Waals surface area contributed by atoms with Gasteiger partial charge in [-0.3, -0.25) is 9.69 Å². The summed E-state index contributed by atoms with van der Waals surface area (Å²) < 4.78 is 13.4. The van der Waals surface area contributed by atoms with Crippen molar-refractivity contribution in [3.8, 4) is 0 Å². The van der Waals surface area contributed by atoms with Crippen LogP contribution in [0.1, 0.15) is 83.8 Å². The van der Waals surface area contributed by atoms with Crippen molar-refractivity contribution in [2.45, 2.75) is 85.6 Å². The van der Waals surface area contributed by atoms with Gasteiger partial charge in [0, 0.05) is 37.9 Å². The predicted octanol–water partition coefficient (Wildman–Crippen LogP) is 5.77. The molecule has 3 unspecified atom stereocenters. The lowest BCUT2D eigenvalue weighted by Crippen LogP contribution is -2.48. The van der Waals surface area contributed by atoms with Crippen LogP contribution >= 0.6 is 0 Å². The molecule has 4 nitrogen and oxygen atoms in total. The third-order valence-corrected chi connectivity index (χ3v) is 6.46. The van der Waals surface area contributed by atoms with E-state index < -0.39 is 0 Å². The Balaban J connectivity index is 0.000000300. The zero-order valence-electron chi connectivity index (χ0n) is 21.3. The summed E-state index contributed by atoms with van der Waals surface area (Å²) in [5.41, 5.74) is 2.09. The Morgan fingerprint density at radius 1 is 1.19 bits per heavy atom. The minimum Gasteiger partial charge on any atom is -0.330 e. The van der Waals surface area contributed by atoms with Crippen LogP contribution in [0, 0.1) is 18.7 Å². The maximum Gasteiger partial charge on any atom is 0.231 e. The zero-order valence-corrected chi connectivity index (χ0v) is 21.3. The molecule has 0 radical (unpaired) electrons. The minimum atomic E-state index is -0.255. The number of carbonyl (C=O) groups excluding carboxylic acids is 1. The molecular weight excluding hydrogens is 401 g/mol. The number of aryl methyl sites for hydroxylation is 1. The van der Waals surface area contributed by atoms with Gasteiger partial charge in [0.2, 0.25) is 5.91 Å². The van der Waals surface area contributed by atoms with Crippen molar-refractivity contribution < 1.29 is 9.18 Å². The van der Waals surface area contributed by atoms with E-state index >= 15 is 0 Å². The van der Waals surface area contributed by atoms with Crippen LogP contribution in [-0.2, 0) is 4.79 Å². The average Bonchev–Trinajstić information content (AvgIpc) is 2.81. The van der Waals surface area contributed by atoms with E-state index in [9.17, 15) is 9.18 Å². The maximum atomic E-state index is 13.4. The van der Waals surface area contributed by atoms with Crippen LogP contribution < -0.4 is 10.6 Å². The van der Waals surface area contributed by atoms with Gasteiger partial charge in [-0.2, -0.15) is 0 Å². The zero-order chi connectivity index (χ0) is 24.1. The number of benzene rings is 1. The van der Waals surface area contributed by atoms with Crippen LogP contribution in [0.3, 0.4) is 0 Å². The smallest absolute Gasteiger partial charge is 0.231 e. The molecule has 0 bridgehead atoms. The highest BCUT2D eigenvalue weighted by molar-refractivity contribution is 5.86. The molecule has 2 fully saturated rings. The highest BCUT2D eigenvalue weighted by Crippen LogP contribution is 2.28. The standard InChI is InChI=1S/C13H14FNO.C12H26N2.C2H6/c1-8-3-5-10(7-12(8)14)11-6-4-9(2)15-13(11)16;1-4-11(3)10-12(5-2)14-8-6-13-7-9-14;1-2/h3,5,7,11H,2,4,6H2,1H3,(H,15,16);11-13H,4-10H2,1-3H3;1-2H3. The first-order valence-electron chi connectivity index (χ1n) is 12.5. The summed E-state index contributed by atoms with van der Waals surface area (Å²) in [4.78, 5) is 14.4. The fourth-order valence-corrected chi connectivity index (χ4v) is 4.17. The van der Waals surface area contributed by atoms with Crippen molar-refractivity contribution in [2.24, 2.45) is 5.92 Å². The first kappa shape index (κ1) is 28.3. The number of nitrogens with zero attached hydrogens (tertiary/aromatic N) is 1. The van der Waals surface area contributed by atoms with E-state index in [0.717, 1.165) is 29.6 Å². The molecule has 2 saturated heterocycles. The molecule has 1 aromatic rings. The lowest BCUT2D eigenvalue weighted by atomic mass is 9.89. The molecule has 2 heterocycles.